The lowest BCUT2D eigenvalue weighted by molar-refractivity contribution is -0.122. The molecule has 1 aromatic rings. The molecule has 0 saturated carbocycles. The highest BCUT2D eigenvalue weighted by molar-refractivity contribution is 5.80. The van der Waals surface area contributed by atoms with Crippen molar-refractivity contribution >= 4 is 11.8 Å². The van der Waals surface area contributed by atoms with Gasteiger partial charge in [0.2, 0.25) is 11.8 Å². The number of carbonyl (C=O) groups is 2. The highest BCUT2D eigenvalue weighted by Crippen LogP contribution is 2.10. The minimum Gasteiger partial charge on any atom is -0.355 e. The molecular formula is C19H30N2O2. The van der Waals surface area contributed by atoms with Gasteiger partial charge in [-0.1, -0.05) is 45.0 Å². The molecule has 2 N–H and O–H groups in total. The van der Waals surface area contributed by atoms with Crippen LogP contribution in [-0.4, -0.2) is 24.4 Å². The molecule has 4 heteroatoms. The maximum absolute atomic E-state index is 11.9. The predicted molar refractivity (Wildman–Crippen MR) is 94.2 cm³/mol. The van der Waals surface area contributed by atoms with Crippen LogP contribution in [0.15, 0.2) is 24.3 Å². The van der Waals surface area contributed by atoms with Gasteiger partial charge >= 0.3 is 0 Å². The molecule has 0 spiro atoms. The number of amides is 2. The Morgan fingerprint density at radius 3 is 2.17 bits per heavy atom. The van der Waals surface area contributed by atoms with Gasteiger partial charge in [0.05, 0.1) is 6.42 Å². The maximum atomic E-state index is 11.9. The number of benzene rings is 1. The summed E-state index contributed by atoms with van der Waals surface area (Å²) in [6.07, 6.45) is 2.64. The lowest BCUT2D eigenvalue weighted by Gasteiger charge is -2.11. The molecule has 1 atom stereocenters. The fourth-order valence-corrected chi connectivity index (χ4v) is 2.28. The standard InChI is InChI=1S/C19H30N2O2/c1-5-15(4)21-18(22)10-11-20-19(23)13-17-8-6-16(7-9-17)12-14(2)3/h6-9,14-15H,5,10-13H2,1-4H3,(H,20,23)(H,21,22). The topological polar surface area (TPSA) is 58.2 Å². The SMILES string of the molecule is CCC(C)NC(=O)CCNC(=O)Cc1ccc(CC(C)C)cc1. The van der Waals surface area contributed by atoms with E-state index in [0.29, 0.717) is 25.3 Å². The molecule has 2 amide bonds. The second kappa shape index (κ2) is 10.0. The first kappa shape index (κ1) is 19.2. The number of rotatable bonds is 9. The number of hydrogen-bond donors (Lipinski definition) is 2. The molecule has 0 aliphatic heterocycles. The van der Waals surface area contributed by atoms with Crippen molar-refractivity contribution in [2.75, 3.05) is 6.54 Å². The van der Waals surface area contributed by atoms with E-state index in [1.165, 1.54) is 5.56 Å². The predicted octanol–water partition coefficient (Wildman–Crippen LogP) is 2.85. The molecular weight excluding hydrogens is 288 g/mol. The van der Waals surface area contributed by atoms with E-state index in [2.05, 4.69) is 36.6 Å². The highest BCUT2D eigenvalue weighted by Gasteiger charge is 2.07. The fraction of sp³-hybridized carbons (Fsp3) is 0.579. The van der Waals surface area contributed by atoms with Crippen molar-refractivity contribution in [3.8, 4) is 0 Å². The van der Waals surface area contributed by atoms with Crippen LogP contribution in [0.25, 0.3) is 0 Å². The monoisotopic (exact) mass is 318 g/mol. The van der Waals surface area contributed by atoms with E-state index in [1.54, 1.807) is 0 Å². The van der Waals surface area contributed by atoms with Crippen LogP contribution in [-0.2, 0) is 22.4 Å². The average molecular weight is 318 g/mol. The molecule has 0 aliphatic carbocycles. The molecule has 1 unspecified atom stereocenters. The van der Waals surface area contributed by atoms with Crippen molar-refractivity contribution in [2.45, 2.75) is 59.4 Å². The summed E-state index contributed by atoms with van der Waals surface area (Å²) in [5.41, 5.74) is 2.30. The fourth-order valence-electron chi connectivity index (χ4n) is 2.28. The van der Waals surface area contributed by atoms with Gasteiger partial charge in [-0.05, 0) is 36.8 Å². The summed E-state index contributed by atoms with van der Waals surface area (Å²) in [6.45, 7) is 8.77. The first-order valence-electron chi connectivity index (χ1n) is 8.54. The third-order valence-corrected chi connectivity index (χ3v) is 3.73. The highest BCUT2D eigenvalue weighted by atomic mass is 16.2. The average Bonchev–Trinajstić information content (AvgIpc) is 2.48. The molecule has 0 aromatic heterocycles. The van der Waals surface area contributed by atoms with Crippen LogP contribution < -0.4 is 10.6 Å². The largest absolute Gasteiger partial charge is 0.355 e. The van der Waals surface area contributed by atoms with Crippen molar-refractivity contribution in [1.82, 2.24) is 10.6 Å². The molecule has 4 nitrogen and oxygen atoms in total. The Morgan fingerprint density at radius 1 is 1.00 bits per heavy atom. The molecule has 128 valence electrons. The van der Waals surface area contributed by atoms with Gasteiger partial charge < -0.3 is 10.6 Å². The van der Waals surface area contributed by atoms with Crippen molar-refractivity contribution in [2.24, 2.45) is 5.92 Å². The Morgan fingerprint density at radius 2 is 1.61 bits per heavy atom. The third kappa shape index (κ3) is 8.38. The third-order valence-electron chi connectivity index (χ3n) is 3.73. The molecule has 0 bridgehead atoms. The number of nitrogens with one attached hydrogen (secondary N) is 2. The normalized spacial score (nSPS) is 12.0. The van der Waals surface area contributed by atoms with Crippen LogP contribution in [0.5, 0.6) is 0 Å². The van der Waals surface area contributed by atoms with Gasteiger partial charge in [-0.2, -0.15) is 0 Å². The van der Waals surface area contributed by atoms with Crippen LogP contribution in [0.2, 0.25) is 0 Å². The zero-order valence-electron chi connectivity index (χ0n) is 14.8. The lowest BCUT2D eigenvalue weighted by Crippen LogP contribution is -2.35. The molecule has 23 heavy (non-hydrogen) atoms. The Balaban J connectivity index is 2.29. The number of carbonyl (C=O) groups excluding carboxylic acids is 2. The summed E-state index contributed by atoms with van der Waals surface area (Å²) in [7, 11) is 0. The second-order valence-electron chi connectivity index (χ2n) is 6.57. The van der Waals surface area contributed by atoms with Gasteiger partial charge in [0.1, 0.15) is 0 Å². The summed E-state index contributed by atoms with van der Waals surface area (Å²) in [5.74, 6) is 0.571. The van der Waals surface area contributed by atoms with Gasteiger partial charge in [-0.3, -0.25) is 9.59 Å². The molecule has 0 aliphatic rings. The Kier molecular flexibility index (Phi) is 8.38. The molecule has 1 aromatic carbocycles. The van der Waals surface area contributed by atoms with Crippen LogP contribution in [0, 0.1) is 5.92 Å². The molecule has 0 fully saturated rings. The van der Waals surface area contributed by atoms with Crippen molar-refractivity contribution in [3.05, 3.63) is 35.4 Å². The van der Waals surface area contributed by atoms with Crippen LogP contribution in [0.3, 0.4) is 0 Å². The van der Waals surface area contributed by atoms with Crippen LogP contribution >= 0.6 is 0 Å². The summed E-state index contributed by atoms with van der Waals surface area (Å²) in [4.78, 5) is 23.5. The van der Waals surface area contributed by atoms with Gasteiger partial charge in [0, 0.05) is 19.0 Å². The van der Waals surface area contributed by atoms with Crippen LogP contribution in [0.4, 0.5) is 0 Å². The Hall–Kier alpha value is -1.84. The zero-order chi connectivity index (χ0) is 17.2. The van der Waals surface area contributed by atoms with E-state index in [1.807, 2.05) is 26.0 Å². The minimum absolute atomic E-state index is 0.0160. The van der Waals surface area contributed by atoms with E-state index < -0.39 is 0 Å². The summed E-state index contributed by atoms with van der Waals surface area (Å²) >= 11 is 0. The van der Waals surface area contributed by atoms with E-state index in [9.17, 15) is 9.59 Å². The quantitative estimate of drug-likeness (QED) is 0.735. The van der Waals surface area contributed by atoms with Gasteiger partial charge in [-0.15, -0.1) is 0 Å². The van der Waals surface area contributed by atoms with Gasteiger partial charge in [0.15, 0.2) is 0 Å². The Labute approximate surface area is 140 Å². The smallest absolute Gasteiger partial charge is 0.224 e. The molecule has 0 saturated heterocycles. The zero-order valence-corrected chi connectivity index (χ0v) is 14.8. The number of hydrogen-bond acceptors (Lipinski definition) is 2. The van der Waals surface area contributed by atoms with E-state index >= 15 is 0 Å². The molecule has 0 radical (unpaired) electrons. The van der Waals surface area contributed by atoms with E-state index in [4.69, 9.17) is 0 Å². The Bertz CT molecular complexity index is 495. The van der Waals surface area contributed by atoms with E-state index in [-0.39, 0.29) is 17.9 Å². The summed E-state index contributed by atoms with van der Waals surface area (Å²) < 4.78 is 0. The lowest BCUT2D eigenvalue weighted by atomic mass is 10.0. The first-order chi connectivity index (χ1) is 10.9. The van der Waals surface area contributed by atoms with Crippen molar-refractivity contribution in [1.29, 1.82) is 0 Å². The summed E-state index contributed by atoms with van der Waals surface area (Å²) in [5, 5.41) is 5.68. The van der Waals surface area contributed by atoms with Crippen molar-refractivity contribution < 1.29 is 9.59 Å². The maximum Gasteiger partial charge on any atom is 0.224 e. The minimum atomic E-state index is -0.0436. The molecule has 0 heterocycles. The first-order valence-corrected chi connectivity index (χ1v) is 8.54. The summed E-state index contributed by atoms with van der Waals surface area (Å²) in [6, 6.07) is 8.37. The van der Waals surface area contributed by atoms with Crippen LogP contribution in [0.1, 0.15) is 51.7 Å². The molecule has 1 rings (SSSR count). The van der Waals surface area contributed by atoms with Gasteiger partial charge in [0.25, 0.3) is 0 Å². The van der Waals surface area contributed by atoms with Crippen molar-refractivity contribution in [3.63, 3.8) is 0 Å². The van der Waals surface area contributed by atoms with E-state index in [0.717, 1.165) is 18.4 Å². The second-order valence-corrected chi connectivity index (χ2v) is 6.57. The van der Waals surface area contributed by atoms with Gasteiger partial charge in [-0.25, -0.2) is 0 Å².